The summed E-state index contributed by atoms with van der Waals surface area (Å²) in [5.41, 5.74) is 2.53. The maximum atomic E-state index is 12.2. The van der Waals surface area contributed by atoms with Gasteiger partial charge in [0.05, 0.1) is 18.4 Å². The standard InChI is InChI=1S/C17H20N2O3/c20-11-13-2-1-3-16(10-13)18-15-4-7-19(8-5-15)17(21)14-6-9-22-12-14/h1-3,6,9-10,12,15,18,20H,4-5,7-8,11H2. The number of amides is 1. The number of hydrogen-bond donors (Lipinski definition) is 2. The highest BCUT2D eigenvalue weighted by atomic mass is 16.3. The average molecular weight is 300 g/mol. The number of aliphatic hydroxyl groups excluding tert-OH is 1. The Labute approximate surface area is 129 Å². The molecule has 0 atom stereocenters. The Bertz CT molecular complexity index is 617. The van der Waals surface area contributed by atoms with Gasteiger partial charge in [-0.05, 0) is 36.6 Å². The Morgan fingerprint density at radius 2 is 2.14 bits per heavy atom. The number of nitrogens with zero attached hydrogens (tertiary/aromatic N) is 1. The highest BCUT2D eigenvalue weighted by Gasteiger charge is 2.24. The van der Waals surface area contributed by atoms with Gasteiger partial charge in [0.15, 0.2) is 0 Å². The van der Waals surface area contributed by atoms with Crippen LogP contribution in [0.25, 0.3) is 0 Å². The number of nitrogens with one attached hydrogen (secondary N) is 1. The maximum absolute atomic E-state index is 12.2. The van der Waals surface area contributed by atoms with Gasteiger partial charge in [0, 0.05) is 24.8 Å². The topological polar surface area (TPSA) is 65.7 Å². The Hall–Kier alpha value is -2.27. The van der Waals surface area contributed by atoms with Gasteiger partial charge in [-0.1, -0.05) is 12.1 Å². The van der Waals surface area contributed by atoms with Gasteiger partial charge in [-0.15, -0.1) is 0 Å². The number of carbonyl (C=O) groups excluding carboxylic acids is 1. The number of rotatable bonds is 4. The monoisotopic (exact) mass is 300 g/mol. The van der Waals surface area contributed by atoms with Gasteiger partial charge in [0.25, 0.3) is 5.91 Å². The minimum atomic E-state index is 0.0366. The summed E-state index contributed by atoms with van der Waals surface area (Å²) in [5.74, 6) is 0.0366. The van der Waals surface area contributed by atoms with E-state index in [1.165, 1.54) is 12.5 Å². The van der Waals surface area contributed by atoms with Crippen molar-refractivity contribution >= 4 is 11.6 Å². The predicted molar refractivity (Wildman–Crippen MR) is 83.6 cm³/mol. The Balaban J connectivity index is 1.54. The molecule has 0 spiro atoms. The van der Waals surface area contributed by atoms with E-state index in [9.17, 15) is 9.90 Å². The zero-order chi connectivity index (χ0) is 15.4. The van der Waals surface area contributed by atoms with Gasteiger partial charge in [0.1, 0.15) is 6.26 Å². The molecule has 116 valence electrons. The highest BCUT2D eigenvalue weighted by molar-refractivity contribution is 5.93. The first kappa shape index (κ1) is 14.7. The molecule has 5 heteroatoms. The van der Waals surface area contributed by atoms with Crippen molar-refractivity contribution in [2.24, 2.45) is 0 Å². The number of piperidine rings is 1. The zero-order valence-corrected chi connectivity index (χ0v) is 12.4. The lowest BCUT2D eigenvalue weighted by Crippen LogP contribution is -2.42. The summed E-state index contributed by atoms with van der Waals surface area (Å²) in [5, 5.41) is 12.7. The van der Waals surface area contributed by atoms with Crippen molar-refractivity contribution in [2.45, 2.75) is 25.5 Å². The van der Waals surface area contributed by atoms with Crippen LogP contribution in [0.15, 0.2) is 47.3 Å². The molecule has 2 aromatic rings. The van der Waals surface area contributed by atoms with E-state index in [0.29, 0.717) is 11.6 Å². The van der Waals surface area contributed by atoms with Gasteiger partial charge in [0.2, 0.25) is 0 Å². The van der Waals surface area contributed by atoms with Crippen LogP contribution in [0.4, 0.5) is 5.69 Å². The average Bonchev–Trinajstić information content (AvgIpc) is 3.09. The van der Waals surface area contributed by atoms with Crippen molar-refractivity contribution < 1.29 is 14.3 Å². The van der Waals surface area contributed by atoms with E-state index >= 15 is 0 Å². The lowest BCUT2D eigenvalue weighted by molar-refractivity contribution is 0.0718. The first-order valence-electron chi connectivity index (χ1n) is 7.54. The molecule has 22 heavy (non-hydrogen) atoms. The molecule has 1 saturated heterocycles. The fourth-order valence-corrected chi connectivity index (χ4v) is 2.79. The Kier molecular flexibility index (Phi) is 4.44. The van der Waals surface area contributed by atoms with Crippen molar-refractivity contribution in [1.29, 1.82) is 0 Å². The number of hydrogen-bond acceptors (Lipinski definition) is 4. The number of likely N-dealkylation sites (tertiary alicyclic amines) is 1. The summed E-state index contributed by atoms with van der Waals surface area (Å²) in [6.07, 6.45) is 4.84. The lowest BCUT2D eigenvalue weighted by atomic mass is 10.0. The Morgan fingerprint density at radius 1 is 1.32 bits per heavy atom. The van der Waals surface area contributed by atoms with Gasteiger partial charge < -0.3 is 19.7 Å². The van der Waals surface area contributed by atoms with Crippen LogP contribution >= 0.6 is 0 Å². The van der Waals surface area contributed by atoms with Gasteiger partial charge >= 0.3 is 0 Å². The number of aliphatic hydroxyl groups is 1. The predicted octanol–water partition coefficient (Wildman–Crippen LogP) is 2.49. The van der Waals surface area contributed by atoms with E-state index in [1.807, 2.05) is 29.2 Å². The van der Waals surface area contributed by atoms with E-state index in [4.69, 9.17) is 4.42 Å². The van der Waals surface area contributed by atoms with E-state index in [2.05, 4.69) is 5.32 Å². The van der Waals surface area contributed by atoms with Crippen molar-refractivity contribution in [3.8, 4) is 0 Å². The van der Waals surface area contributed by atoms with Crippen LogP contribution in [0, 0.1) is 0 Å². The largest absolute Gasteiger partial charge is 0.472 e. The molecule has 1 aromatic heterocycles. The Morgan fingerprint density at radius 3 is 2.82 bits per heavy atom. The normalized spacial score (nSPS) is 15.8. The van der Waals surface area contributed by atoms with Crippen molar-refractivity contribution in [1.82, 2.24) is 4.90 Å². The van der Waals surface area contributed by atoms with E-state index in [1.54, 1.807) is 6.07 Å². The molecular formula is C17H20N2O3. The third-order valence-corrected chi connectivity index (χ3v) is 4.03. The van der Waals surface area contributed by atoms with Crippen LogP contribution in [0.1, 0.15) is 28.8 Å². The van der Waals surface area contributed by atoms with Crippen LogP contribution in [0.2, 0.25) is 0 Å². The van der Waals surface area contributed by atoms with Crippen LogP contribution in [-0.2, 0) is 6.61 Å². The van der Waals surface area contributed by atoms with Gasteiger partial charge in [-0.2, -0.15) is 0 Å². The molecule has 2 N–H and O–H groups in total. The van der Waals surface area contributed by atoms with Gasteiger partial charge in [-0.25, -0.2) is 0 Å². The van der Waals surface area contributed by atoms with Crippen molar-refractivity contribution in [2.75, 3.05) is 18.4 Å². The second-order valence-electron chi connectivity index (χ2n) is 5.58. The number of anilines is 1. The lowest BCUT2D eigenvalue weighted by Gasteiger charge is -2.32. The van der Waals surface area contributed by atoms with E-state index < -0.39 is 0 Å². The van der Waals surface area contributed by atoms with Crippen LogP contribution in [0.3, 0.4) is 0 Å². The molecule has 0 radical (unpaired) electrons. The molecule has 0 bridgehead atoms. The third kappa shape index (κ3) is 3.31. The minimum absolute atomic E-state index is 0.0366. The summed E-state index contributed by atoms with van der Waals surface area (Å²) in [6, 6.07) is 9.85. The first-order chi connectivity index (χ1) is 10.8. The van der Waals surface area contributed by atoms with E-state index in [0.717, 1.165) is 37.2 Å². The van der Waals surface area contributed by atoms with Crippen LogP contribution in [0.5, 0.6) is 0 Å². The molecule has 1 aromatic carbocycles. The SMILES string of the molecule is O=C(c1ccoc1)N1CCC(Nc2cccc(CO)c2)CC1. The summed E-state index contributed by atoms with van der Waals surface area (Å²) in [4.78, 5) is 14.1. The van der Waals surface area contributed by atoms with Crippen LogP contribution in [-0.4, -0.2) is 35.0 Å². The van der Waals surface area contributed by atoms with E-state index in [-0.39, 0.29) is 12.5 Å². The highest BCUT2D eigenvalue weighted by Crippen LogP contribution is 2.19. The maximum Gasteiger partial charge on any atom is 0.257 e. The summed E-state index contributed by atoms with van der Waals surface area (Å²) in [6.45, 7) is 1.52. The molecule has 5 nitrogen and oxygen atoms in total. The smallest absolute Gasteiger partial charge is 0.257 e. The van der Waals surface area contributed by atoms with Crippen molar-refractivity contribution in [3.05, 3.63) is 54.0 Å². The summed E-state index contributed by atoms with van der Waals surface area (Å²) in [7, 11) is 0. The molecule has 0 saturated carbocycles. The number of furan rings is 1. The molecule has 1 aliphatic rings. The second-order valence-corrected chi connectivity index (χ2v) is 5.58. The number of carbonyl (C=O) groups is 1. The zero-order valence-electron chi connectivity index (χ0n) is 12.4. The fourth-order valence-electron chi connectivity index (χ4n) is 2.79. The molecular weight excluding hydrogens is 280 g/mol. The van der Waals surface area contributed by atoms with Crippen molar-refractivity contribution in [3.63, 3.8) is 0 Å². The van der Waals surface area contributed by atoms with Gasteiger partial charge in [-0.3, -0.25) is 4.79 Å². The molecule has 1 amide bonds. The quantitative estimate of drug-likeness (QED) is 0.910. The first-order valence-corrected chi connectivity index (χ1v) is 7.54. The second kappa shape index (κ2) is 6.66. The molecule has 0 unspecified atom stereocenters. The molecule has 1 aliphatic heterocycles. The minimum Gasteiger partial charge on any atom is -0.472 e. The summed E-state index contributed by atoms with van der Waals surface area (Å²) < 4.78 is 4.97. The molecule has 3 rings (SSSR count). The third-order valence-electron chi connectivity index (χ3n) is 4.03. The fraction of sp³-hybridized carbons (Fsp3) is 0.353. The molecule has 0 aliphatic carbocycles. The summed E-state index contributed by atoms with van der Waals surface area (Å²) >= 11 is 0. The molecule has 1 fully saturated rings. The van der Waals surface area contributed by atoms with Crippen LogP contribution < -0.4 is 5.32 Å². The number of benzene rings is 1. The molecule has 2 heterocycles.